The maximum atomic E-state index is 14.0. The van der Waals surface area contributed by atoms with Crippen LogP contribution in [0.3, 0.4) is 0 Å². The van der Waals surface area contributed by atoms with Crippen LogP contribution in [0.1, 0.15) is 107 Å². The number of anilines is 1. The molecule has 6 amide bonds. The van der Waals surface area contributed by atoms with Crippen LogP contribution in [0.4, 0.5) is 5.69 Å². The minimum Gasteiger partial charge on any atom is -0.481 e. The third kappa shape index (κ3) is 17.2. The zero-order chi connectivity index (χ0) is 47.8. The molecule has 0 saturated carbocycles. The van der Waals surface area contributed by atoms with Gasteiger partial charge in [-0.25, -0.2) is 5.48 Å². The number of hydrogen-bond donors (Lipinski definition) is 7. The molecule has 0 bridgehead atoms. The monoisotopic (exact) mass is 878 g/mol. The van der Waals surface area contributed by atoms with Gasteiger partial charge in [0, 0.05) is 29.5 Å². The zero-order valence-corrected chi connectivity index (χ0v) is 39.3. The number of hydrogen-bond acceptors (Lipinski definition) is 9. The molecule has 0 aliphatic rings. The Labute approximate surface area is 373 Å². The van der Waals surface area contributed by atoms with Crippen LogP contribution in [0.2, 0.25) is 0 Å². The Morgan fingerprint density at radius 3 is 1.86 bits per heavy atom. The van der Waals surface area contributed by atoms with Crippen LogP contribution in [0.5, 0.6) is 0 Å². The van der Waals surface area contributed by atoms with Crippen molar-refractivity contribution in [2.75, 3.05) is 19.4 Å². The molecule has 63 heavy (non-hydrogen) atoms. The standard InChI is InChI=1S/C47H71N7O9/c1-28(2)35(50-44(61)39(46(7,8)9)52-45(62)40(54(12)13)47(10,11)33-18-15-14-16-19-33)26-30(5)41(58)53-63-27-32-22-24-34(25-23-32)49-42(59)31(6)48-43(60)38(29(3)4)51-36(55)20-17-21-37(56)57/h14-16,18-19,22-26,28-29,31,35,38-40H,17,20-21,27H2,1-13H3,(H,48,60)(H,49,59)(H,50,61)(H,51,55)(H,52,62)(H,53,58)(H,56,57)/b30-26+/t31-,35+,38-,39+,40+/m0/s1. The van der Waals surface area contributed by atoms with Crippen molar-refractivity contribution in [2.24, 2.45) is 17.3 Å². The second kappa shape index (κ2) is 24.3. The molecular weight excluding hydrogens is 807 g/mol. The number of rotatable bonds is 23. The van der Waals surface area contributed by atoms with Crippen molar-refractivity contribution in [1.29, 1.82) is 0 Å². The van der Waals surface area contributed by atoms with Gasteiger partial charge in [0.05, 0.1) is 18.7 Å². The lowest BCUT2D eigenvalue weighted by Crippen LogP contribution is -2.61. The van der Waals surface area contributed by atoms with Gasteiger partial charge in [0.2, 0.25) is 29.5 Å². The molecule has 5 atom stereocenters. The van der Waals surface area contributed by atoms with Gasteiger partial charge in [0.15, 0.2) is 0 Å². The average Bonchev–Trinajstić information content (AvgIpc) is 3.18. The van der Waals surface area contributed by atoms with Crippen LogP contribution in [0, 0.1) is 17.3 Å². The van der Waals surface area contributed by atoms with Crippen molar-refractivity contribution in [3.63, 3.8) is 0 Å². The molecule has 0 heterocycles. The van der Waals surface area contributed by atoms with Crippen LogP contribution in [0.15, 0.2) is 66.2 Å². The summed E-state index contributed by atoms with van der Waals surface area (Å²) in [6.07, 6.45) is 1.60. The van der Waals surface area contributed by atoms with Crippen molar-refractivity contribution >= 4 is 47.1 Å². The Balaban J connectivity index is 2.00. The van der Waals surface area contributed by atoms with E-state index in [1.54, 1.807) is 51.1 Å². The van der Waals surface area contributed by atoms with Crippen molar-refractivity contribution in [1.82, 2.24) is 31.6 Å². The molecule has 0 aliphatic carbocycles. The predicted octanol–water partition coefficient (Wildman–Crippen LogP) is 4.60. The average molecular weight is 878 g/mol. The fraction of sp³-hybridized carbons (Fsp3) is 0.553. The number of hydroxylamine groups is 1. The number of benzene rings is 2. The Morgan fingerprint density at radius 2 is 1.33 bits per heavy atom. The predicted molar refractivity (Wildman–Crippen MR) is 243 cm³/mol. The first-order valence-electron chi connectivity index (χ1n) is 21.4. The molecule has 0 aliphatic heterocycles. The van der Waals surface area contributed by atoms with E-state index >= 15 is 0 Å². The zero-order valence-electron chi connectivity index (χ0n) is 39.3. The molecule has 7 N–H and O–H groups in total. The molecule has 0 fully saturated rings. The van der Waals surface area contributed by atoms with Gasteiger partial charge in [-0.05, 0) is 74.9 Å². The second-order valence-corrected chi connectivity index (χ2v) is 18.6. The van der Waals surface area contributed by atoms with Crippen molar-refractivity contribution in [3.8, 4) is 0 Å². The second-order valence-electron chi connectivity index (χ2n) is 18.6. The molecule has 16 nitrogen and oxygen atoms in total. The first-order valence-corrected chi connectivity index (χ1v) is 21.4. The molecule has 348 valence electrons. The number of nitrogens with zero attached hydrogens (tertiary/aromatic N) is 1. The van der Waals surface area contributed by atoms with E-state index in [1.165, 1.54) is 6.92 Å². The molecule has 0 radical (unpaired) electrons. The molecule has 0 saturated heterocycles. The van der Waals surface area contributed by atoms with Gasteiger partial charge >= 0.3 is 5.97 Å². The lowest BCUT2D eigenvalue weighted by atomic mass is 9.76. The minimum atomic E-state index is -1.01. The largest absolute Gasteiger partial charge is 0.481 e. The summed E-state index contributed by atoms with van der Waals surface area (Å²) >= 11 is 0. The Kier molecular flexibility index (Phi) is 20.6. The number of amides is 6. The normalized spacial score (nSPS) is 14.5. The van der Waals surface area contributed by atoms with Crippen molar-refractivity contribution in [2.45, 2.75) is 138 Å². The van der Waals surface area contributed by atoms with Crippen LogP contribution < -0.4 is 32.1 Å². The molecule has 0 unspecified atom stereocenters. The van der Waals surface area contributed by atoms with Gasteiger partial charge in [-0.2, -0.15) is 0 Å². The lowest BCUT2D eigenvalue weighted by Gasteiger charge is -2.40. The van der Waals surface area contributed by atoms with Crippen LogP contribution in [-0.4, -0.2) is 95.7 Å². The van der Waals surface area contributed by atoms with Crippen LogP contribution >= 0.6 is 0 Å². The number of carbonyl (C=O) groups is 7. The van der Waals surface area contributed by atoms with E-state index in [2.05, 4.69) is 32.1 Å². The Morgan fingerprint density at radius 1 is 0.730 bits per heavy atom. The van der Waals surface area contributed by atoms with Crippen molar-refractivity contribution in [3.05, 3.63) is 77.4 Å². The van der Waals surface area contributed by atoms with Gasteiger partial charge in [-0.1, -0.05) is 111 Å². The Bertz CT molecular complexity index is 1910. The summed E-state index contributed by atoms with van der Waals surface area (Å²) < 4.78 is 0. The maximum Gasteiger partial charge on any atom is 0.303 e. The first-order chi connectivity index (χ1) is 29.3. The van der Waals surface area contributed by atoms with E-state index in [-0.39, 0.29) is 49.5 Å². The van der Waals surface area contributed by atoms with Gasteiger partial charge in [0.25, 0.3) is 5.91 Å². The van der Waals surface area contributed by atoms with E-state index in [0.717, 1.165) is 5.56 Å². The number of aliphatic carboxylic acids is 1. The van der Waals surface area contributed by atoms with Crippen molar-refractivity contribution < 1.29 is 43.5 Å². The highest BCUT2D eigenvalue weighted by Gasteiger charge is 2.42. The van der Waals surface area contributed by atoms with Crippen LogP contribution in [0.25, 0.3) is 0 Å². The van der Waals surface area contributed by atoms with Gasteiger partial charge in [-0.15, -0.1) is 0 Å². The SMILES string of the molecule is C/C(=C\[C@@H](NC(=O)[C@@H](NC(=O)[C@@H](N(C)C)C(C)(C)c1ccccc1)C(C)(C)C)C(C)C)C(=O)NOCc1ccc(NC(=O)[C@H](C)NC(=O)[C@@H](NC(=O)CCCC(=O)O)C(C)C)cc1. The summed E-state index contributed by atoms with van der Waals surface area (Å²) in [7, 11) is 3.69. The minimum absolute atomic E-state index is 0.00461. The third-order valence-corrected chi connectivity index (χ3v) is 10.6. The lowest BCUT2D eigenvalue weighted by molar-refractivity contribution is -0.137. The van der Waals surface area contributed by atoms with E-state index in [1.807, 2.05) is 97.8 Å². The summed E-state index contributed by atoms with van der Waals surface area (Å²) in [5, 5.41) is 22.9. The summed E-state index contributed by atoms with van der Waals surface area (Å²) in [6, 6.07) is 12.6. The Hall–Kier alpha value is -5.61. The van der Waals surface area contributed by atoms with E-state index in [4.69, 9.17) is 9.94 Å². The highest BCUT2D eigenvalue weighted by Crippen LogP contribution is 2.31. The number of carbonyl (C=O) groups excluding carboxylic acids is 6. The van der Waals surface area contributed by atoms with E-state index in [0.29, 0.717) is 16.8 Å². The summed E-state index contributed by atoms with van der Waals surface area (Å²) in [4.78, 5) is 97.2. The number of likely N-dealkylation sites (N-methyl/N-ethyl adjacent to an activating group) is 1. The fourth-order valence-corrected chi connectivity index (χ4v) is 6.87. The molecule has 16 heteroatoms. The molecule has 2 aromatic rings. The number of carboxylic acids is 1. The fourth-order valence-electron chi connectivity index (χ4n) is 6.87. The number of nitrogens with one attached hydrogen (secondary N) is 6. The maximum absolute atomic E-state index is 14.0. The topological polar surface area (TPSA) is 224 Å². The van der Waals surface area contributed by atoms with Gasteiger partial charge < -0.3 is 31.7 Å². The van der Waals surface area contributed by atoms with Crippen LogP contribution in [-0.2, 0) is 50.4 Å². The molecule has 0 spiro atoms. The summed E-state index contributed by atoms with van der Waals surface area (Å²) in [6.45, 7) is 20.1. The molecule has 2 aromatic carbocycles. The van der Waals surface area contributed by atoms with Gasteiger partial charge in [-0.3, -0.25) is 43.3 Å². The molecule has 2 rings (SSSR count). The number of carboxylic acid groups (broad SMARTS) is 1. The molecular formula is C47H71N7O9. The summed E-state index contributed by atoms with van der Waals surface area (Å²) in [5.41, 5.74) is 3.63. The van der Waals surface area contributed by atoms with E-state index in [9.17, 15) is 33.6 Å². The van der Waals surface area contributed by atoms with Gasteiger partial charge in [0.1, 0.15) is 18.1 Å². The first kappa shape index (κ1) is 53.5. The smallest absolute Gasteiger partial charge is 0.303 e. The van der Waals surface area contributed by atoms with E-state index < -0.39 is 70.6 Å². The molecule has 0 aromatic heterocycles. The highest BCUT2D eigenvalue weighted by molar-refractivity contribution is 5.98. The summed E-state index contributed by atoms with van der Waals surface area (Å²) in [5.74, 6) is -4.07. The highest BCUT2D eigenvalue weighted by atomic mass is 16.6. The quantitative estimate of drug-likeness (QED) is 0.0607. The third-order valence-electron chi connectivity index (χ3n) is 10.6.